The topological polar surface area (TPSA) is 3.24 Å². The van der Waals surface area contributed by atoms with Crippen LogP contribution in [0.1, 0.15) is 0 Å². The average molecular weight is 806 g/mol. The minimum atomic E-state index is 1.09. The molecule has 0 N–H and O–H groups in total. The molecule has 62 heavy (non-hydrogen) atoms. The summed E-state index contributed by atoms with van der Waals surface area (Å²) < 4.78 is 2.64. The summed E-state index contributed by atoms with van der Waals surface area (Å²) >= 11 is 1.88. The summed E-state index contributed by atoms with van der Waals surface area (Å²) in [4.78, 5) is 2.46. The van der Waals surface area contributed by atoms with Gasteiger partial charge in [0.1, 0.15) is 0 Å². The molecule has 1 aliphatic rings. The molecule has 0 aliphatic heterocycles. The molecule has 1 heterocycles. The van der Waals surface area contributed by atoms with Gasteiger partial charge < -0.3 is 4.90 Å². The van der Waals surface area contributed by atoms with Gasteiger partial charge in [0, 0.05) is 37.1 Å². The second kappa shape index (κ2) is 15.0. The van der Waals surface area contributed by atoms with Crippen molar-refractivity contribution in [3.05, 3.63) is 237 Å². The number of rotatable bonds is 6. The lowest BCUT2D eigenvalue weighted by Gasteiger charge is -2.30. The van der Waals surface area contributed by atoms with E-state index >= 15 is 0 Å². The number of benzene rings is 10. The smallest absolute Gasteiger partial charge is 0.0540 e. The highest BCUT2D eigenvalue weighted by molar-refractivity contribution is 7.26. The SMILES string of the molecule is c1ccc(-c2ccc(N(c3ccc(-c4cccc5c4sc4ccccc45)cc3)c3ccc4c(c3)-c3ccccc3-c3ccccc3-c3ccccc3-4)c(-c3ccccc3)c2)cc1. The van der Waals surface area contributed by atoms with E-state index in [2.05, 4.69) is 241 Å². The Labute approximate surface area is 366 Å². The Morgan fingerprint density at radius 1 is 0.258 bits per heavy atom. The molecule has 0 atom stereocenters. The zero-order valence-corrected chi connectivity index (χ0v) is 34.7. The standard InChI is InChI=1S/C60H39NS/c1-3-16-40(17-4-1)43-32-37-58(56(38-43)41-18-5-2-6-19-41)61(44-33-30-42(31-34-44)46-27-15-28-55-54-26-13-14-29-59(54)62-60(46)55)45-35-36-53-51-24-10-9-22-49(51)47-20-7-8-21-48(47)50-23-11-12-25-52(50)57(53)39-45/h1-39H. The Hall–Kier alpha value is -7.78. The van der Waals surface area contributed by atoms with Gasteiger partial charge in [-0.15, -0.1) is 11.3 Å². The number of hydrogen-bond acceptors (Lipinski definition) is 2. The molecule has 2 heteroatoms. The predicted octanol–water partition coefficient (Wildman–Crippen LogP) is 17.5. The van der Waals surface area contributed by atoms with E-state index in [1.165, 1.54) is 92.5 Å². The Balaban J connectivity index is 1.09. The molecule has 12 rings (SSSR count). The third-order valence-electron chi connectivity index (χ3n) is 12.5. The highest BCUT2D eigenvalue weighted by Gasteiger charge is 2.25. The zero-order valence-electron chi connectivity index (χ0n) is 33.9. The van der Waals surface area contributed by atoms with Crippen molar-refractivity contribution in [3.63, 3.8) is 0 Å². The summed E-state index contributed by atoms with van der Waals surface area (Å²) in [6.07, 6.45) is 0. The van der Waals surface area contributed by atoms with Gasteiger partial charge in [-0.2, -0.15) is 0 Å². The molecule has 1 aliphatic carbocycles. The van der Waals surface area contributed by atoms with Crippen LogP contribution >= 0.6 is 11.3 Å². The fraction of sp³-hybridized carbons (Fsp3) is 0. The van der Waals surface area contributed by atoms with Crippen molar-refractivity contribution >= 4 is 48.6 Å². The van der Waals surface area contributed by atoms with E-state index in [1.807, 2.05) is 11.3 Å². The fourth-order valence-corrected chi connectivity index (χ4v) is 10.8. The average Bonchev–Trinajstić information content (AvgIpc) is 3.74. The number of thiophene rings is 1. The number of hydrogen-bond donors (Lipinski definition) is 0. The van der Waals surface area contributed by atoms with Crippen molar-refractivity contribution < 1.29 is 0 Å². The van der Waals surface area contributed by atoms with Gasteiger partial charge in [-0.25, -0.2) is 0 Å². The molecular formula is C60H39NS. The first-order chi connectivity index (χ1) is 30.8. The van der Waals surface area contributed by atoms with E-state index in [1.54, 1.807) is 0 Å². The van der Waals surface area contributed by atoms with Gasteiger partial charge in [0.15, 0.2) is 0 Å². The monoisotopic (exact) mass is 805 g/mol. The largest absolute Gasteiger partial charge is 0.310 e. The van der Waals surface area contributed by atoms with Crippen LogP contribution in [0.2, 0.25) is 0 Å². The highest BCUT2D eigenvalue weighted by Crippen LogP contribution is 2.51. The first-order valence-electron chi connectivity index (χ1n) is 21.3. The summed E-state index contributed by atoms with van der Waals surface area (Å²) in [5, 5.41) is 2.63. The van der Waals surface area contributed by atoms with E-state index in [0.29, 0.717) is 0 Å². The number of anilines is 3. The lowest BCUT2D eigenvalue weighted by Crippen LogP contribution is -2.12. The van der Waals surface area contributed by atoms with Crippen LogP contribution in [0.3, 0.4) is 0 Å². The molecule has 1 aromatic heterocycles. The first-order valence-corrected chi connectivity index (χ1v) is 22.1. The van der Waals surface area contributed by atoms with Crippen LogP contribution in [-0.2, 0) is 0 Å². The van der Waals surface area contributed by atoms with Crippen molar-refractivity contribution in [1.29, 1.82) is 0 Å². The van der Waals surface area contributed by atoms with Crippen LogP contribution in [-0.4, -0.2) is 0 Å². The Morgan fingerprint density at radius 2 is 0.726 bits per heavy atom. The normalized spacial score (nSPS) is 11.5. The van der Waals surface area contributed by atoms with E-state index in [0.717, 1.165) is 22.6 Å². The minimum absolute atomic E-state index is 1.09. The van der Waals surface area contributed by atoms with E-state index in [9.17, 15) is 0 Å². The zero-order chi connectivity index (χ0) is 41.0. The molecular weight excluding hydrogens is 767 g/mol. The van der Waals surface area contributed by atoms with Gasteiger partial charge in [-0.3, -0.25) is 0 Å². The summed E-state index contributed by atoms with van der Waals surface area (Å²) in [6.45, 7) is 0. The van der Waals surface area contributed by atoms with Crippen LogP contribution < -0.4 is 4.90 Å². The predicted molar refractivity (Wildman–Crippen MR) is 266 cm³/mol. The van der Waals surface area contributed by atoms with Crippen LogP contribution in [0.5, 0.6) is 0 Å². The molecule has 0 amide bonds. The van der Waals surface area contributed by atoms with Crippen LogP contribution in [0.25, 0.3) is 98.1 Å². The maximum atomic E-state index is 2.46. The van der Waals surface area contributed by atoms with Crippen molar-refractivity contribution in [2.24, 2.45) is 0 Å². The second-order valence-corrected chi connectivity index (χ2v) is 17.0. The van der Waals surface area contributed by atoms with Crippen LogP contribution in [0.4, 0.5) is 17.1 Å². The lowest BCUT2D eigenvalue weighted by atomic mass is 9.81. The number of nitrogens with zero attached hydrogens (tertiary/aromatic N) is 1. The summed E-state index contributed by atoms with van der Waals surface area (Å²) in [7, 11) is 0. The molecule has 1 nitrogen and oxygen atoms in total. The first kappa shape index (κ1) is 36.1. The molecule has 0 spiro atoms. The van der Waals surface area contributed by atoms with Crippen molar-refractivity contribution in [3.8, 4) is 77.9 Å². The van der Waals surface area contributed by atoms with Crippen LogP contribution in [0.15, 0.2) is 237 Å². The Bertz CT molecular complexity index is 3450. The molecule has 0 saturated heterocycles. The van der Waals surface area contributed by atoms with Crippen molar-refractivity contribution in [1.82, 2.24) is 0 Å². The summed E-state index contributed by atoms with van der Waals surface area (Å²) in [5.74, 6) is 0. The highest BCUT2D eigenvalue weighted by atomic mass is 32.1. The van der Waals surface area contributed by atoms with Gasteiger partial charge in [-0.1, -0.05) is 194 Å². The van der Waals surface area contributed by atoms with Gasteiger partial charge in [0.05, 0.1) is 5.69 Å². The fourth-order valence-electron chi connectivity index (χ4n) is 9.57. The van der Waals surface area contributed by atoms with Crippen LogP contribution in [0, 0.1) is 0 Å². The Morgan fingerprint density at radius 3 is 1.37 bits per heavy atom. The lowest BCUT2D eigenvalue weighted by molar-refractivity contribution is 1.28. The van der Waals surface area contributed by atoms with Crippen molar-refractivity contribution in [2.75, 3.05) is 4.90 Å². The molecule has 0 saturated carbocycles. The maximum Gasteiger partial charge on any atom is 0.0540 e. The summed E-state index contributed by atoms with van der Waals surface area (Å²) in [6, 6.07) is 86.9. The second-order valence-electron chi connectivity index (χ2n) is 16.0. The van der Waals surface area contributed by atoms with Gasteiger partial charge in [0.2, 0.25) is 0 Å². The third-order valence-corrected chi connectivity index (χ3v) is 13.7. The van der Waals surface area contributed by atoms with Gasteiger partial charge >= 0.3 is 0 Å². The number of fused-ring (bicyclic) bond motifs is 11. The molecule has 11 aromatic rings. The molecule has 0 radical (unpaired) electrons. The van der Waals surface area contributed by atoms with Gasteiger partial charge in [0.25, 0.3) is 0 Å². The van der Waals surface area contributed by atoms with E-state index in [4.69, 9.17) is 0 Å². The van der Waals surface area contributed by atoms with Gasteiger partial charge in [-0.05, 0) is 115 Å². The Kier molecular flexibility index (Phi) is 8.76. The summed E-state index contributed by atoms with van der Waals surface area (Å²) in [5.41, 5.74) is 20.3. The van der Waals surface area contributed by atoms with Crippen molar-refractivity contribution in [2.45, 2.75) is 0 Å². The van der Waals surface area contributed by atoms with E-state index < -0.39 is 0 Å². The quantitative estimate of drug-likeness (QED) is 0.162. The maximum absolute atomic E-state index is 2.46. The third kappa shape index (κ3) is 6.07. The molecule has 290 valence electrons. The molecule has 10 aromatic carbocycles. The molecule has 0 unspecified atom stereocenters. The molecule has 0 bridgehead atoms. The molecule has 0 fully saturated rings. The van der Waals surface area contributed by atoms with E-state index in [-0.39, 0.29) is 0 Å². The minimum Gasteiger partial charge on any atom is -0.310 e.